The van der Waals surface area contributed by atoms with Crippen LogP contribution in [0.4, 0.5) is 11.4 Å². The van der Waals surface area contributed by atoms with Crippen molar-refractivity contribution in [2.24, 2.45) is 4.99 Å². The molecule has 1 amide bonds. The van der Waals surface area contributed by atoms with Gasteiger partial charge in [-0.1, -0.05) is 11.6 Å². The fourth-order valence-corrected chi connectivity index (χ4v) is 2.34. The van der Waals surface area contributed by atoms with E-state index in [1.54, 1.807) is 19.1 Å². The highest BCUT2D eigenvalue weighted by atomic mass is 35.5. The van der Waals surface area contributed by atoms with Crippen LogP contribution < -0.4 is 10.6 Å². The molecular weight excluding hydrogens is 314 g/mol. The fourth-order valence-electron chi connectivity index (χ4n) is 2.10. The first-order valence-corrected chi connectivity index (χ1v) is 7.63. The van der Waals surface area contributed by atoms with Gasteiger partial charge in [-0.3, -0.25) is 9.59 Å². The minimum absolute atomic E-state index is 0.145. The summed E-state index contributed by atoms with van der Waals surface area (Å²) in [4.78, 5) is 27.6. The van der Waals surface area contributed by atoms with E-state index in [1.807, 2.05) is 19.1 Å². The number of amides is 1. The van der Waals surface area contributed by atoms with Gasteiger partial charge in [0.05, 0.1) is 27.8 Å². The Morgan fingerprint density at radius 1 is 1.30 bits per heavy atom. The van der Waals surface area contributed by atoms with Crippen molar-refractivity contribution in [2.75, 3.05) is 11.9 Å². The van der Waals surface area contributed by atoms with Crippen LogP contribution in [-0.4, -0.2) is 23.9 Å². The van der Waals surface area contributed by atoms with E-state index in [-0.39, 0.29) is 11.7 Å². The van der Waals surface area contributed by atoms with Gasteiger partial charge in [0, 0.05) is 19.5 Å². The zero-order chi connectivity index (χ0) is 17.0. The zero-order valence-electron chi connectivity index (χ0n) is 13.2. The number of nitrogens with one attached hydrogen (secondary N) is 2. The van der Waals surface area contributed by atoms with Crippen LogP contribution in [0.1, 0.15) is 20.8 Å². The average molecular weight is 332 g/mol. The topological polar surface area (TPSA) is 70.6 Å². The van der Waals surface area contributed by atoms with Crippen LogP contribution in [0.25, 0.3) is 0 Å². The summed E-state index contributed by atoms with van der Waals surface area (Å²) in [7, 11) is 0. The van der Waals surface area contributed by atoms with Crippen molar-refractivity contribution < 1.29 is 9.59 Å². The highest BCUT2D eigenvalue weighted by Gasteiger charge is 2.17. The number of hydrogen-bond donors (Lipinski definition) is 2. The molecule has 0 unspecified atom stereocenters. The molecule has 0 aromatic heterocycles. The van der Waals surface area contributed by atoms with Gasteiger partial charge >= 0.3 is 0 Å². The first-order valence-electron chi connectivity index (χ1n) is 7.25. The van der Waals surface area contributed by atoms with Crippen molar-refractivity contribution in [3.63, 3.8) is 0 Å². The molecule has 2 rings (SSSR count). The van der Waals surface area contributed by atoms with Gasteiger partial charge in [0.2, 0.25) is 5.91 Å². The van der Waals surface area contributed by atoms with Crippen molar-refractivity contribution in [1.29, 1.82) is 0 Å². The Hall–Kier alpha value is -2.40. The molecule has 1 aromatic carbocycles. The van der Waals surface area contributed by atoms with Crippen molar-refractivity contribution >= 4 is 40.4 Å². The molecule has 0 atom stereocenters. The number of rotatable bonds is 4. The van der Waals surface area contributed by atoms with E-state index in [1.165, 1.54) is 13.0 Å². The van der Waals surface area contributed by atoms with Crippen molar-refractivity contribution in [3.8, 4) is 0 Å². The standard InChI is InChI=1S/C17H18ClN3O2/c1-4-19-14-6-5-12(8-13(14)18)21-15-7-10(2)17(23)9-16(15)20-11(3)22/h5-9,19H,4H2,1-3H3,(H,20,22). The van der Waals surface area contributed by atoms with Gasteiger partial charge in [-0.2, -0.15) is 0 Å². The molecule has 0 bridgehead atoms. The number of halogens is 1. The van der Waals surface area contributed by atoms with Gasteiger partial charge in [-0.05, 0) is 43.7 Å². The molecule has 0 saturated carbocycles. The second-order valence-corrected chi connectivity index (χ2v) is 5.53. The second kappa shape index (κ2) is 7.24. The molecule has 23 heavy (non-hydrogen) atoms. The number of nitrogens with zero attached hydrogens (tertiary/aromatic N) is 1. The third kappa shape index (κ3) is 4.29. The van der Waals surface area contributed by atoms with Crippen LogP contribution in [0.5, 0.6) is 0 Å². The van der Waals surface area contributed by atoms with E-state index in [4.69, 9.17) is 11.6 Å². The summed E-state index contributed by atoms with van der Waals surface area (Å²) in [5.74, 6) is -0.404. The normalized spacial score (nSPS) is 16.0. The highest BCUT2D eigenvalue weighted by molar-refractivity contribution is 6.33. The molecule has 1 aromatic rings. The third-order valence-electron chi connectivity index (χ3n) is 3.17. The van der Waals surface area contributed by atoms with Gasteiger partial charge < -0.3 is 10.6 Å². The summed E-state index contributed by atoms with van der Waals surface area (Å²) in [6, 6.07) is 5.40. The van der Waals surface area contributed by atoms with E-state index in [9.17, 15) is 9.59 Å². The predicted molar refractivity (Wildman–Crippen MR) is 93.4 cm³/mol. The van der Waals surface area contributed by atoms with Crippen LogP contribution in [0, 0.1) is 0 Å². The van der Waals surface area contributed by atoms with E-state index in [2.05, 4.69) is 15.6 Å². The molecule has 0 saturated heterocycles. The first-order chi connectivity index (χ1) is 10.9. The Kier molecular flexibility index (Phi) is 5.34. The number of benzene rings is 1. The Morgan fingerprint density at radius 2 is 2.04 bits per heavy atom. The van der Waals surface area contributed by atoms with Crippen LogP contribution in [-0.2, 0) is 9.59 Å². The molecule has 0 radical (unpaired) electrons. The van der Waals surface area contributed by atoms with Gasteiger partial charge in [0.15, 0.2) is 5.78 Å². The average Bonchev–Trinajstić information content (AvgIpc) is 2.47. The maximum Gasteiger partial charge on any atom is 0.221 e. The summed E-state index contributed by atoms with van der Waals surface area (Å²) < 4.78 is 0. The summed E-state index contributed by atoms with van der Waals surface area (Å²) >= 11 is 6.21. The van der Waals surface area contributed by atoms with Gasteiger partial charge in [-0.15, -0.1) is 0 Å². The summed E-state index contributed by atoms with van der Waals surface area (Å²) in [5.41, 5.74) is 2.94. The van der Waals surface area contributed by atoms with E-state index >= 15 is 0 Å². The molecule has 1 aliphatic carbocycles. The number of anilines is 1. The van der Waals surface area contributed by atoms with E-state index in [0.717, 1.165) is 12.2 Å². The number of allylic oxidation sites excluding steroid dienone is 3. The van der Waals surface area contributed by atoms with E-state index in [0.29, 0.717) is 27.7 Å². The van der Waals surface area contributed by atoms with Crippen molar-refractivity contribution in [3.05, 3.63) is 46.6 Å². The minimum Gasteiger partial charge on any atom is -0.384 e. The van der Waals surface area contributed by atoms with Gasteiger partial charge in [-0.25, -0.2) is 4.99 Å². The lowest BCUT2D eigenvalue weighted by molar-refractivity contribution is -0.118. The maximum absolute atomic E-state index is 11.8. The Morgan fingerprint density at radius 3 is 2.65 bits per heavy atom. The summed E-state index contributed by atoms with van der Waals surface area (Å²) in [6.07, 6.45) is 3.03. The number of carbonyl (C=O) groups excluding carboxylic acids is 2. The second-order valence-electron chi connectivity index (χ2n) is 5.12. The number of aliphatic imine (C=N–C) groups is 1. The molecule has 0 fully saturated rings. The Labute approximate surface area is 140 Å². The molecule has 0 heterocycles. The van der Waals surface area contributed by atoms with Crippen molar-refractivity contribution in [2.45, 2.75) is 20.8 Å². The molecule has 0 spiro atoms. The molecular formula is C17H18ClN3O2. The molecule has 6 heteroatoms. The summed E-state index contributed by atoms with van der Waals surface area (Å²) in [6.45, 7) is 5.85. The molecule has 5 nitrogen and oxygen atoms in total. The lowest BCUT2D eigenvalue weighted by Crippen LogP contribution is -2.27. The van der Waals surface area contributed by atoms with Crippen LogP contribution in [0.3, 0.4) is 0 Å². The Bertz CT molecular complexity index is 748. The SMILES string of the molecule is CCNc1ccc(N=C2C=C(C)C(=O)C=C2NC(C)=O)cc1Cl. The quantitative estimate of drug-likeness (QED) is 0.831. The van der Waals surface area contributed by atoms with Crippen LogP contribution in [0.2, 0.25) is 5.02 Å². The molecule has 120 valence electrons. The fraction of sp³-hybridized carbons (Fsp3) is 0.235. The molecule has 0 aliphatic heterocycles. The third-order valence-corrected chi connectivity index (χ3v) is 3.49. The van der Waals surface area contributed by atoms with Gasteiger partial charge in [0.25, 0.3) is 0 Å². The number of carbonyl (C=O) groups is 2. The predicted octanol–water partition coefficient (Wildman–Crippen LogP) is 3.39. The molecule has 2 N–H and O–H groups in total. The first kappa shape index (κ1) is 17.0. The number of ketones is 1. The van der Waals surface area contributed by atoms with Crippen molar-refractivity contribution in [1.82, 2.24) is 5.32 Å². The zero-order valence-corrected chi connectivity index (χ0v) is 14.0. The Balaban J connectivity index is 2.38. The van der Waals surface area contributed by atoms with Crippen LogP contribution >= 0.6 is 11.6 Å². The lowest BCUT2D eigenvalue weighted by atomic mass is 10.0. The van der Waals surface area contributed by atoms with Gasteiger partial charge in [0.1, 0.15) is 0 Å². The molecule has 1 aliphatic rings. The number of hydrogen-bond acceptors (Lipinski definition) is 4. The van der Waals surface area contributed by atoms with E-state index < -0.39 is 0 Å². The minimum atomic E-state index is -0.259. The highest BCUT2D eigenvalue weighted by Crippen LogP contribution is 2.28. The largest absolute Gasteiger partial charge is 0.384 e. The smallest absolute Gasteiger partial charge is 0.221 e. The van der Waals surface area contributed by atoms with Crippen LogP contribution in [0.15, 0.2) is 46.6 Å². The lowest BCUT2D eigenvalue weighted by Gasteiger charge is -2.14. The maximum atomic E-state index is 11.8. The summed E-state index contributed by atoms with van der Waals surface area (Å²) in [5, 5.41) is 6.34. The monoisotopic (exact) mass is 331 g/mol.